The molecule has 9 nitrogen and oxygen atoms in total. The number of para-hydroxylation sites is 1. The second kappa shape index (κ2) is 6.62. The van der Waals surface area contributed by atoms with Crippen LogP contribution in [-0.2, 0) is 18.4 Å². The summed E-state index contributed by atoms with van der Waals surface area (Å²) in [5.74, 6) is -0.286. The van der Waals surface area contributed by atoms with E-state index >= 15 is 0 Å². The van der Waals surface area contributed by atoms with Crippen LogP contribution < -0.4 is 10.2 Å². The highest BCUT2D eigenvalue weighted by Gasteiger charge is 2.09. The van der Waals surface area contributed by atoms with Crippen LogP contribution in [0.2, 0.25) is 0 Å². The first-order valence-electron chi connectivity index (χ1n) is 7.08. The van der Waals surface area contributed by atoms with Crippen molar-refractivity contribution < 1.29 is 9.72 Å². The lowest BCUT2D eigenvalue weighted by Gasteiger charge is -2.00. The minimum atomic E-state index is -0.527. The molecule has 0 spiro atoms. The van der Waals surface area contributed by atoms with Crippen LogP contribution in [0.25, 0.3) is 10.2 Å². The molecular formula is C14H14N6O3S. The Morgan fingerprint density at radius 1 is 1.46 bits per heavy atom. The normalized spacial score (nSPS) is 11.8. The van der Waals surface area contributed by atoms with Gasteiger partial charge in [0.15, 0.2) is 0 Å². The number of rotatable bonds is 5. The van der Waals surface area contributed by atoms with Gasteiger partial charge in [0.2, 0.25) is 10.7 Å². The molecule has 0 aliphatic rings. The van der Waals surface area contributed by atoms with Crippen LogP contribution >= 0.6 is 11.3 Å². The highest BCUT2D eigenvalue weighted by molar-refractivity contribution is 7.16. The van der Waals surface area contributed by atoms with Crippen molar-refractivity contribution in [3.8, 4) is 0 Å². The van der Waals surface area contributed by atoms with Crippen molar-refractivity contribution in [3.63, 3.8) is 0 Å². The summed E-state index contributed by atoms with van der Waals surface area (Å²) in [6.45, 7) is 0.244. The molecule has 124 valence electrons. The lowest BCUT2D eigenvalue weighted by Crippen LogP contribution is -2.24. The largest absolute Gasteiger partial charge is 0.318 e. The van der Waals surface area contributed by atoms with E-state index in [0.29, 0.717) is 4.80 Å². The maximum absolute atomic E-state index is 11.9. The summed E-state index contributed by atoms with van der Waals surface area (Å²) in [5, 5.41) is 18.5. The van der Waals surface area contributed by atoms with E-state index in [1.807, 2.05) is 35.9 Å². The molecular weight excluding hydrogens is 332 g/mol. The fourth-order valence-electron chi connectivity index (χ4n) is 2.14. The Hall–Kier alpha value is -3.01. The maximum atomic E-state index is 11.9. The first kappa shape index (κ1) is 15.9. The van der Waals surface area contributed by atoms with Crippen molar-refractivity contribution >= 4 is 33.1 Å². The van der Waals surface area contributed by atoms with E-state index in [2.05, 4.69) is 15.6 Å². The Labute approximate surface area is 140 Å². The van der Waals surface area contributed by atoms with Gasteiger partial charge in [0.1, 0.15) is 12.4 Å². The third-order valence-corrected chi connectivity index (χ3v) is 4.50. The van der Waals surface area contributed by atoms with Gasteiger partial charge in [-0.15, -0.1) is 5.10 Å². The highest BCUT2D eigenvalue weighted by Crippen LogP contribution is 2.14. The monoisotopic (exact) mass is 346 g/mol. The number of aryl methyl sites for hydroxylation is 2. The van der Waals surface area contributed by atoms with Crippen LogP contribution in [0, 0.1) is 10.1 Å². The number of nitrogens with zero attached hydrogens (tertiary/aromatic N) is 5. The fourth-order valence-corrected chi connectivity index (χ4v) is 3.12. The van der Waals surface area contributed by atoms with Crippen LogP contribution in [0.5, 0.6) is 0 Å². The molecule has 0 aliphatic carbocycles. The fraction of sp³-hybridized carbons (Fsp3) is 0.214. The molecule has 2 heterocycles. The Morgan fingerprint density at radius 2 is 2.25 bits per heavy atom. The van der Waals surface area contributed by atoms with Crippen molar-refractivity contribution in [2.24, 2.45) is 12.1 Å². The van der Waals surface area contributed by atoms with Gasteiger partial charge < -0.3 is 4.57 Å². The van der Waals surface area contributed by atoms with Crippen molar-refractivity contribution in [1.82, 2.24) is 19.8 Å². The van der Waals surface area contributed by atoms with Gasteiger partial charge in [0.05, 0.1) is 21.7 Å². The summed E-state index contributed by atoms with van der Waals surface area (Å²) < 4.78 is 4.34. The average Bonchev–Trinajstić information content (AvgIpc) is 3.17. The first-order valence-corrected chi connectivity index (χ1v) is 7.90. The van der Waals surface area contributed by atoms with Crippen LogP contribution in [0.4, 0.5) is 5.69 Å². The summed E-state index contributed by atoms with van der Waals surface area (Å²) in [4.78, 5) is 22.6. The third-order valence-electron chi connectivity index (χ3n) is 3.39. The molecule has 0 aliphatic heterocycles. The van der Waals surface area contributed by atoms with Gasteiger partial charge in [0, 0.05) is 13.5 Å². The molecule has 1 N–H and O–H groups in total. The quantitative estimate of drug-likeness (QED) is 0.556. The molecule has 3 aromatic rings. The Morgan fingerprint density at radius 3 is 2.96 bits per heavy atom. The predicted octanol–water partition coefficient (Wildman–Crippen LogP) is 1.37. The Kier molecular flexibility index (Phi) is 4.38. The SMILES string of the molecule is Cn1c(=NNC(=O)CCn2cc([N+](=O)[O-])cn2)sc2ccccc21. The van der Waals surface area contributed by atoms with Crippen LogP contribution in [0.3, 0.4) is 0 Å². The van der Waals surface area contributed by atoms with Crippen molar-refractivity contribution in [2.45, 2.75) is 13.0 Å². The molecule has 0 radical (unpaired) electrons. The van der Waals surface area contributed by atoms with E-state index in [-0.39, 0.29) is 24.6 Å². The number of fused-ring (bicyclic) bond motifs is 1. The lowest BCUT2D eigenvalue weighted by molar-refractivity contribution is -0.385. The van der Waals surface area contributed by atoms with E-state index in [4.69, 9.17) is 0 Å². The topological polar surface area (TPSA) is 107 Å². The second-order valence-corrected chi connectivity index (χ2v) is 6.04. The molecule has 3 rings (SSSR count). The molecule has 0 saturated carbocycles. The van der Waals surface area contributed by atoms with Crippen molar-refractivity contribution in [3.05, 3.63) is 51.6 Å². The molecule has 0 fully saturated rings. The number of carbonyl (C=O) groups excluding carboxylic acids is 1. The van der Waals surface area contributed by atoms with Crippen LogP contribution in [-0.4, -0.2) is 25.2 Å². The highest BCUT2D eigenvalue weighted by atomic mass is 32.1. The molecule has 1 amide bonds. The summed E-state index contributed by atoms with van der Waals surface area (Å²) in [7, 11) is 1.88. The van der Waals surface area contributed by atoms with Crippen LogP contribution in [0.15, 0.2) is 41.8 Å². The Bertz CT molecular complexity index is 970. The zero-order chi connectivity index (χ0) is 17.1. The number of amides is 1. The first-order chi connectivity index (χ1) is 11.5. The zero-order valence-corrected chi connectivity index (χ0v) is 13.6. The second-order valence-electron chi connectivity index (χ2n) is 5.03. The summed E-state index contributed by atoms with van der Waals surface area (Å²) in [5.41, 5.74) is 3.44. The lowest BCUT2D eigenvalue weighted by atomic mass is 10.3. The molecule has 24 heavy (non-hydrogen) atoms. The van der Waals surface area contributed by atoms with Crippen molar-refractivity contribution in [1.29, 1.82) is 0 Å². The number of aromatic nitrogens is 3. The van der Waals surface area contributed by atoms with Gasteiger partial charge >= 0.3 is 5.69 Å². The maximum Gasteiger partial charge on any atom is 0.306 e. The van der Waals surface area contributed by atoms with Gasteiger partial charge in [-0.1, -0.05) is 23.5 Å². The molecule has 0 unspecified atom stereocenters. The average molecular weight is 346 g/mol. The van der Waals surface area contributed by atoms with E-state index in [1.165, 1.54) is 22.2 Å². The van der Waals surface area contributed by atoms with E-state index in [9.17, 15) is 14.9 Å². The van der Waals surface area contributed by atoms with Gasteiger partial charge in [0.25, 0.3) is 0 Å². The number of nitro groups is 1. The predicted molar refractivity (Wildman–Crippen MR) is 88.0 cm³/mol. The van der Waals surface area contributed by atoms with Gasteiger partial charge in [-0.2, -0.15) is 5.10 Å². The van der Waals surface area contributed by atoms with Gasteiger partial charge in [-0.3, -0.25) is 19.6 Å². The number of thiazole rings is 1. The molecule has 0 bridgehead atoms. The van der Waals surface area contributed by atoms with Gasteiger partial charge in [-0.25, -0.2) is 5.43 Å². The Balaban J connectivity index is 1.63. The zero-order valence-electron chi connectivity index (χ0n) is 12.7. The van der Waals surface area contributed by atoms with Crippen LogP contribution in [0.1, 0.15) is 6.42 Å². The minimum absolute atomic E-state index is 0.0996. The summed E-state index contributed by atoms with van der Waals surface area (Å²) >= 11 is 1.48. The third kappa shape index (κ3) is 3.33. The van der Waals surface area contributed by atoms with E-state index < -0.39 is 4.92 Å². The molecule has 0 atom stereocenters. The molecule has 0 saturated heterocycles. The number of nitrogens with one attached hydrogen (secondary N) is 1. The number of hydrogen-bond donors (Lipinski definition) is 1. The smallest absolute Gasteiger partial charge is 0.306 e. The van der Waals surface area contributed by atoms with E-state index in [1.54, 1.807) is 0 Å². The molecule has 2 aromatic heterocycles. The number of benzene rings is 1. The summed E-state index contributed by atoms with van der Waals surface area (Å²) in [6.07, 6.45) is 2.56. The van der Waals surface area contributed by atoms with Gasteiger partial charge in [-0.05, 0) is 12.1 Å². The number of carbonyl (C=O) groups is 1. The molecule has 10 heteroatoms. The van der Waals surface area contributed by atoms with E-state index in [0.717, 1.165) is 16.4 Å². The standard InChI is InChI=1S/C14H14N6O3S/c1-18-11-4-2-3-5-12(11)24-14(18)17-16-13(21)6-7-19-9-10(8-15-19)20(22)23/h2-5,8-9H,6-7H2,1H3,(H,16,21). The number of hydrogen-bond acceptors (Lipinski definition) is 6. The molecule has 1 aromatic carbocycles. The summed E-state index contributed by atoms with van der Waals surface area (Å²) in [6, 6.07) is 7.87. The minimum Gasteiger partial charge on any atom is -0.318 e. The van der Waals surface area contributed by atoms with Crippen molar-refractivity contribution in [2.75, 3.05) is 0 Å².